The third-order valence-electron chi connectivity index (χ3n) is 14.4. The normalized spacial score (nSPS) is 18.1. The van der Waals surface area contributed by atoms with Crippen molar-refractivity contribution in [1.82, 2.24) is 0 Å². The highest BCUT2D eigenvalue weighted by molar-refractivity contribution is 5.66. The van der Waals surface area contributed by atoms with Crippen LogP contribution in [0.5, 0.6) is 0 Å². The first-order valence-corrected chi connectivity index (χ1v) is 26.7. The minimum atomic E-state index is -0.0802. The number of aryl methyl sites for hydroxylation is 2. The maximum atomic E-state index is 14.5. The van der Waals surface area contributed by atoms with E-state index in [1.165, 1.54) is 122 Å². The van der Waals surface area contributed by atoms with Crippen LogP contribution in [0.25, 0.3) is 22.3 Å². The van der Waals surface area contributed by atoms with Gasteiger partial charge in [-0.1, -0.05) is 196 Å². The molecule has 2 aliphatic rings. The second-order valence-corrected chi connectivity index (χ2v) is 19.7. The molecule has 0 unspecified atom stereocenters. The van der Waals surface area contributed by atoms with E-state index in [0.29, 0.717) is 11.8 Å². The number of unbranched alkanes of at least 4 members (excludes halogenated alkanes) is 11. The zero-order chi connectivity index (χ0) is 45.9. The summed E-state index contributed by atoms with van der Waals surface area (Å²) in [5, 5.41) is 0. The summed E-state index contributed by atoms with van der Waals surface area (Å²) in [5.41, 5.74) is 7.79. The third-order valence-corrected chi connectivity index (χ3v) is 14.4. The maximum absolute atomic E-state index is 14.5. The molecule has 2 fully saturated rings. The quantitative estimate of drug-likeness (QED) is 0.0578. The zero-order valence-electron chi connectivity index (χ0n) is 41.2. The molecule has 0 N–H and O–H groups in total. The van der Waals surface area contributed by atoms with Gasteiger partial charge in [-0.25, -0.2) is 8.78 Å². The van der Waals surface area contributed by atoms with Crippen LogP contribution in [0.4, 0.5) is 8.78 Å². The number of benzene rings is 4. The molecule has 0 heterocycles. The van der Waals surface area contributed by atoms with Crippen molar-refractivity contribution >= 4 is 0 Å². The van der Waals surface area contributed by atoms with E-state index in [-0.39, 0.29) is 11.6 Å². The molecule has 0 bridgehead atoms. The van der Waals surface area contributed by atoms with Crippen molar-refractivity contribution in [2.24, 2.45) is 23.7 Å². The van der Waals surface area contributed by atoms with Crippen LogP contribution in [-0.4, -0.2) is 0 Å². The predicted octanol–water partition coefficient (Wildman–Crippen LogP) is 19.1. The second-order valence-electron chi connectivity index (χ2n) is 19.7. The average molecular weight is 879 g/mol. The van der Waals surface area contributed by atoms with Crippen LogP contribution in [-0.2, 0) is 12.8 Å². The summed E-state index contributed by atoms with van der Waals surface area (Å²) in [6.45, 7) is 8.92. The molecule has 0 aromatic heterocycles. The summed E-state index contributed by atoms with van der Waals surface area (Å²) in [6.07, 6.45) is 34.2. The molecule has 4 aromatic carbocycles. The molecule has 0 spiro atoms. The van der Waals surface area contributed by atoms with Gasteiger partial charge < -0.3 is 0 Å². The maximum Gasteiger partial charge on any atom is 0.127 e. The van der Waals surface area contributed by atoms with Crippen molar-refractivity contribution in [2.75, 3.05) is 0 Å². The van der Waals surface area contributed by atoms with Crippen molar-refractivity contribution in [2.45, 2.75) is 201 Å². The fraction of sp³-hybridized carbons (Fsp3) is 0.556. The van der Waals surface area contributed by atoms with E-state index in [4.69, 9.17) is 0 Å². The largest absolute Gasteiger partial charge is 0.207 e. The average Bonchev–Trinajstić information content (AvgIpc) is 3.34. The summed E-state index contributed by atoms with van der Waals surface area (Å²) in [5.74, 6) is 16.7. The van der Waals surface area contributed by atoms with E-state index >= 15 is 0 Å². The molecule has 6 rings (SSSR count). The molecule has 65 heavy (non-hydrogen) atoms. The Morgan fingerprint density at radius 1 is 0.385 bits per heavy atom. The zero-order valence-corrected chi connectivity index (χ0v) is 41.2. The standard InChI is InChI=1S/C32H43F.C31H41F/c1-3-5-7-8-10-11-26-13-15-27(16-14-26)17-18-28-19-21-29(22-20-28)31-24-23-30(32(33)25-31)12-9-6-4-2;1-3-5-7-9-10-25-12-14-26(15-13-25)16-17-27-18-20-28(21-19-27)30-23-22-29(31(32)24-30)11-8-6-4-2/h19-27H,3-16H2,1-2H3;18-26H,3-15H2,1-2H3/t26-,27-;25-,26-. The van der Waals surface area contributed by atoms with Gasteiger partial charge in [0.05, 0.1) is 0 Å². The topological polar surface area (TPSA) is 0 Å². The van der Waals surface area contributed by atoms with Crippen molar-refractivity contribution in [3.05, 3.63) is 119 Å². The summed E-state index contributed by atoms with van der Waals surface area (Å²) < 4.78 is 29.0. The molecule has 4 aromatic rings. The van der Waals surface area contributed by atoms with Crippen LogP contribution in [0.3, 0.4) is 0 Å². The molecule has 2 saturated carbocycles. The smallest absolute Gasteiger partial charge is 0.127 e. The van der Waals surface area contributed by atoms with Gasteiger partial charge in [0.15, 0.2) is 0 Å². The molecule has 0 aliphatic heterocycles. The lowest BCUT2D eigenvalue weighted by Crippen LogP contribution is -2.13. The molecule has 0 nitrogen and oxygen atoms in total. The number of halogens is 2. The molecule has 0 amide bonds. The van der Waals surface area contributed by atoms with E-state index in [1.807, 2.05) is 24.3 Å². The van der Waals surface area contributed by atoms with Gasteiger partial charge in [-0.15, -0.1) is 0 Å². The Morgan fingerprint density at radius 3 is 1.09 bits per heavy atom. The van der Waals surface area contributed by atoms with E-state index in [1.54, 1.807) is 12.1 Å². The van der Waals surface area contributed by atoms with E-state index in [2.05, 4.69) is 99.9 Å². The third kappa shape index (κ3) is 18.9. The van der Waals surface area contributed by atoms with Crippen molar-refractivity contribution in [3.63, 3.8) is 0 Å². The molecule has 0 radical (unpaired) electrons. The first kappa shape index (κ1) is 51.8. The lowest BCUT2D eigenvalue weighted by atomic mass is 9.80. The van der Waals surface area contributed by atoms with Gasteiger partial charge in [0.2, 0.25) is 0 Å². The van der Waals surface area contributed by atoms with Crippen molar-refractivity contribution in [3.8, 4) is 45.9 Å². The molecule has 0 saturated heterocycles. The highest BCUT2D eigenvalue weighted by Gasteiger charge is 2.20. The number of hydrogen-bond acceptors (Lipinski definition) is 0. The van der Waals surface area contributed by atoms with Crippen molar-refractivity contribution in [1.29, 1.82) is 0 Å². The van der Waals surface area contributed by atoms with E-state index in [0.717, 1.165) is 108 Å². The highest BCUT2D eigenvalue weighted by atomic mass is 19.1. The van der Waals surface area contributed by atoms with Gasteiger partial charge in [-0.2, -0.15) is 0 Å². The predicted molar refractivity (Wildman–Crippen MR) is 277 cm³/mol. The van der Waals surface area contributed by atoms with Crippen LogP contribution in [0.2, 0.25) is 0 Å². The van der Waals surface area contributed by atoms with Crippen molar-refractivity contribution < 1.29 is 8.78 Å². The van der Waals surface area contributed by atoms with Gasteiger partial charge in [-0.3, -0.25) is 0 Å². The van der Waals surface area contributed by atoms with Gasteiger partial charge >= 0.3 is 0 Å². The minimum absolute atomic E-state index is 0.0796. The molecular formula is C63H84F2. The lowest BCUT2D eigenvalue weighted by molar-refractivity contribution is 0.294. The van der Waals surface area contributed by atoms with E-state index < -0.39 is 0 Å². The molecule has 2 heteroatoms. The summed E-state index contributed by atoms with van der Waals surface area (Å²) in [7, 11) is 0. The number of hydrogen-bond donors (Lipinski definition) is 0. The van der Waals surface area contributed by atoms with Crippen LogP contribution in [0, 0.1) is 59.0 Å². The fourth-order valence-electron chi connectivity index (χ4n) is 9.94. The molecule has 0 atom stereocenters. The van der Waals surface area contributed by atoms with Crippen LogP contribution in [0.1, 0.15) is 210 Å². The molecule has 350 valence electrons. The van der Waals surface area contributed by atoms with E-state index in [9.17, 15) is 8.78 Å². The Morgan fingerprint density at radius 2 is 0.723 bits per heavy atom. The molecular weight excluding hydrogens is 795 g/mol. The summed E-state index contributed by atoms with van der Waals surface area (Å²) >= 11 is 0. The fourth-order valence-corrected chi connectivity index (χ4v) is 9.94. The number of rotatable bonds is 21. The minimum Gasteiger partial charge on any atom is -0.207 e. The summed E-state index contributed by atoms with van der Waals surface area (Å²) in [6, 6.07) is 28.0. The first-order valence-electron chi connectivity index (χ1n) is 26.7. The van der Waals surface area contributed by atoms with Crippen LogP contribution < -0.4 is 0 Å². The van der Waals surface area contributed by atoms with Gasteiger partial charge in [0.25, 0.3) is 0 Å². The van der Waals surface area contributed by atoms with Crippen LogP contribution in [0.15, 0.2) is 84.9 Å². The Kier molecular flexibility index (Phi) is 24.1. The lowest BCUT2D eigenvalue weighted by Gasteiger charge is -2.25. The Bertz CT molecular complexity index is 2030. The Hall–Kier alpha value is -4.14. The first-order chi connectivity index (χ1) is 31.9. The Labute approximate surface area is 396 Å². The Balaban J connectivity index is 0.000000244. The summed E-state index contributed by atoms with van der Waals surface area (Å²) in [4.78, 5) is 0. The monoisotopic (exact) mass is 879 g/mol. The van der Waals surface area contributed by atoms with Gasteiger partial charge in [0.1, 0.15) is 11.6 Å². The highest BCUT2D eigenvalue weighted by Crippen LogP contribution is 2.33. The van der Waals surface area contributed by atoms with Crippen LogP contribution >= 0.6 is 0 Å². The SMILES string of the molecule is CCCCCCC[C@H]1CC[C@H](C#Cc2ccc(-c3ccc(CCCCC)c(F)c3)cc2)CC1.CCCCCC[C@H]1CC[C@H](C#Cc2ccc(-c3ccc(CCCCC)c(F)c3)cc2)CC1. The molecule has 2 aliphatic carbocycles. The second kappa shape index (κ2) is 30.2. The van der Waals surface area contributed by atoms with Gasteiger partial charge in [-0.05, 0) is 159 Å². The van der Waals surface area contributed by atoms with Gasteiger partial charge in [0, 0.05) is 23.0 Å².